The zero-order valence-electron chi connectivity index (χ0n) is 29.2. The maximum absolute atomic E-state index is 8.17. The van der Waals surface area contributed by atoms with Crippen molar-refractivity contribution >= 4 is 31.6 Å². The van der Waals surface area contributed by atoms with E-state index in [2.05, 4.69) is 66.1 Å². The summed E-state index contributed by atoms with van der Waals surface area (Å²) in [5, 5.41) is 2.13. The molecule has 2 aromatic carbocycles. The van der Waals surface area contributed by atoms with Gasteiger partial charge in [-0.05, 0) is 89.3 Å². The van der Waals surface area contributed by atoms with Crippen molar-refractivity contribution in [2.24, 2.45) is 0 Å². The van der Waals surface area contributed by atoms with Crippen molar-refractivity contribution in [3.63, 3.8) is 0 Å². The first-order chi connectivity index (χ1) is 21.9. The monoisotopic (exact) mass is 751 g/mol. The zero-order chi connectivity index (χ0) is 32.7. The number of thiophene rings is 1. The molecule has 3 nitrogen and oxygen atoms in total. The Kier molecular flexibility index (Phi) is 7.47. The fourth-order valence-corrected chi connectivity index (χ4v) is 6.91. The summed E-state index contributed by atoms with van der Waals surface area (Å²) in [6.07, 6.45) is 10.4. The maximum Gasteiger partial charge on any atom is 0.113 e. The third-order valence-electron chi connectivity index (χ3n) is 7.89. The SMILES string of the molecule is Cc1c[c-]c(-c2cc(C3CCCC3)c(C)cn2)c(C)c1.[2H]c1c(C([2H])([2H])[2H])cnc(-c2[c-]cc3c(c2)sc2nccc(C)c23)c1[2H].[Ir]. The molecular weight excluding hydrogens is 711 g/mol. The Labute approximate surface area is 273 Å². The van der Waals surface area contributed by atoms with E-state index in [-0.39, 0.29) is 43.4 Å². The molecule has 4 heterocycles. The second-order valence-corrected chi connectivity index (χ2v) is 12.0. The average Bonchev–Trinajstić information content (AvgIpc) is 3.67. The van der Waals surface area contributed by atoms with Gasteiger partial charge >= 0.3 is 0 Å². The molecule has 1 fully saturated rings. The molecule has 5 heteroatoms. The fraction of sp³-hybridized carbons (Fsp3) is 0.270. The number of benzene rings is 2. The topological polar surface area (TPSA) is 38.7 Å². The van der Waals surface area contributed by atoms with Crippen molar-refractivity contribution < 1.29 is 27.0 Å². The molecule has 0 bridgehead atoms. The van der Waals surface area contributed by atoms with Gasteiger partial charge in [-0.3, -0.25) is 0 Å². The first-order valence-electron chi connectivity index (χ1n) is 16.5. The van der Waals surface area contributed by atoms with E-state index in [1.165, 1.54) is 47.9 Å². The summed E-state index contributed by atoms with van der Waals surface area (Å²) >= 11 is 1.55. The Bertz CT molecular complexity index is 2080. The van der Waals surface area contributed by atoms with Crippen molar-refractivity contribution in [1.82, 2.24) is 15.0 Å². The smallest absolute Gasteiger partial charge is 0.113 e. The van der Waals surface area contributed by atoms with Crippen molar-refractivity contribution in [2.45, 2.75) is 66.1 Å². The van der Waals surface area contributed by atoms with Gasteiger partial charge in [0.25, 0.3) is 0 Å². The number of hydrogen-bond donors (Lipinski definition) is 0. The number of pyridine rings is 3. The van der Waals surface area contributed by atoms with Gasteiger partial charge < -0.3 is 9.97 Å². The van der Waals surface area contributed by atoms with E-state index in [9.17, 15) is 0 Å². The number of fused-ring (bicyclic) bond motifs is 3. The van der Waals surface area contributed by atoms with Gasteiger partial charge in [0.05, 0.1) is 2.74 Å². The van der Waals surface area contributed by atoms with Crippen LogP contribution in [0.4, 0.5) is 0 Å². The molecule has 0 aliphatic heterocycles. The van der Waals surface area contributed by atoms with Gasteiger partial charge in [0, 0.05) is 42.8 Å². The van der Waals surface area contributed by atoms with E-state index in [1.807, 2.05) is 31.3 Å². The molecule has 1 radical (unpaired) electrons. The quantitative estimate of drug-likeness (QED) is 0.169. The summed E-state index contributed by atoms with van der Waals surface area (Å²) in [7, 11) is 0. The first-order valence-corrected chi connectivity index (χ1v) is 14.9. The minimum Gasteiger partial charge on any atom is -0.304 e. The normalized spacial score (nSPS) is 15.2. The van der Waals surface area contributed by atoms with Crippen LogP contribution < -0.4 is 0 Å². The van der Waals surface area contributed by atoms with Gasteiger partial charge in [0.1, 0.15) is 4.83 Å². The fourth-order valence-electron chi connectivity index (χ4n) is 5.77. The number of rotatable bonds is 3. The third-order valence-corrected chi connectivity index (χ3v) is 8.95. The van der Waals surface area contributed by atoms with Crippen molar-refractivity contribution in [2.75, 3.05) is 0 Å². The Hall–Kier alpha value is -3.24. The van der Waals surface area contributed by atoms with Crippen LogP contribution in [0.25, 0.3) is 42.8 Å². The van der Waals surface area contributed by atoms with E-state index in [1.54, 1.807) is 17.5 Å². The number of hydrogen-bond acceptors (Lipinski definition) is 4. The van der Waals surface area contributed by atoms with Crippen LogP contribution in [0.5, 0.6) is 0 Å². The summed E-state index contributed by atoms with van der Waals surface area (Å²) in [5.41, 5.74) is 9.33. The summed E-state index contributed by atoms with van der Waals surface area (Å²) in [4.78, 5) is 14.1. The van der Waals surface area contributed by atoms with Gasteiger partial charge in [-0.1, -0.05) is 50.2 Å². The molecule has 7 rings (SSSR count). The summed E-state index contributed by atoms with van der Waals surface area (Å²) in [6, 6.07) is 18.3. The molecule has 0 atom stereocenters. The van der Waals surface area contributed by atoms with Crippen LogP contribution in [-0.2, 0) is 20.1 Å². The van der Waals surface area contributed by atoms with Crippen LogP contribution in [0, 0.1) is 46.7 Å². The first kappa shape index (κ1) is 24.2. The molecule has 215 valence electrons. The summed E-state index contributed by atoms with van der Waals surface area (Å²) in [5.74, 6) is 0.738. The molecule has 0 saturated heterocycles. The maximum atomic E-state index is 8.17. The number of nitrogens with zero attached hydrogens (tertiary/aromatic N) is 3. The van der Waals surface area contributed by atoms with Crippen LogP contribution in [0.1, 0.15) is 71.8 Å². The Morgan fingerprint density at radius 2 is 1.67 bits per heavy atom. The zero-order valence-corrected chi connectivity index (χ0v) is 27.4. The van der Waals surface area contributed by atoms with Crippen LogP contribution in [0.2, 0.25) is 0 Å². The van der Waals surface area contributed by atoms with Crippen LogP contribution >= 0.6 is 11.3 Å². The van der Waals surface area contributed by atoms with E-state index in [0.717, 1.165) is 49.2 Å². The van der Waals surface area contributed by atoms with E-state index in [4.69, 9.17) is 6.85 Å². The molecule has 42 heavy (non-hydrogen) atoms. The molecule has 1 aliphatic carbocycles. The molecule has 0 amide bonds. The van der Waals surface area contributed by atoms with Gasteiger partial charge in [-0.25, -0.2) is 4.98 Å². The minimum atomic E-state index is -2.46. The van der Waals surface area contributed by atoms with E-state index in [0.29, 0.717) is 5.56 Å². The largest absolute Gasteiger partial charge is 0.304 e. The molecule has 0 N–H and O–H groups in total. The van der Waals surface area contributed by atoms with Crippen molar-refractivity contribution in [1.29, 1.82) is 0 Å². The molecule has 1 saturated carbocycles. The predicted molar refractivity (Wildman–Crippen MR) is 173 cm³/mol. The Morgan fingerprint density at radius 3 is 2.45 bits per heavy atom. The van der Waals surface area contributed by atoms with Crippen LogP contribution in [-0.4, -0.2) is 15.0 Å². The van der Waals surface area contributed by atoms with Gasteiger partial charge in [0.2, 0.25) is 0 Å². The second kappa shape index (κ2) is 13.0. The molecule has 0 spiro atoms. The van der Waals surface area contributed by atoms with Crippen molar-refractivity contribution in [3.05, 3.63) is 113 Å². The molecular formula is C37H35IrN3S-2. The summed E-state index contributed by atoms with van der Waals surface area (Å²) < 4.78 is 39.5. The molecule has 6 aromatic rings. The third kappa shape index (κ3) is 6.24. The standard InChI is InChI=1S/C19H22N.C18H13N2S.Ir/c1-13-8-9-17(14(2)10-13)19-11-18(15(3)12-20-19)16-6-4-5-7-16;1-11-3-6-15(20-10-11)13-4-5-14-16(9-13)21-18-17(14)12(2)7-8-19-18;/h8,10-12,16H,4-7H2,1-3H3;3,5-10H,1-2H3;/q2*-1;/i;1D3,3D,6D;. The molecule has 1 aliphatic rings. The molecule has 0 unspecified atom stereocenters. The van der Waals surface area contributed by atoms with Crippen LogP contribution in [0.15, 0.2) is 67.1 Å². The second-order valence-electron chi connectivity index (χ2n) is 10.9. The number of aryl methyl sites for hydroxylation is 5. The van der Waals surface area contributed by atoms with E-state index >= 15 is 0 Å². The van der Waals surface area contributed by atoms with Crippen molar-refractivity contribution in [3.8, 4) is 22.5 Å². The number of aromatic nitrogens is 3. The van der Waals surface area contributed by atoms with Crippen LogP contribution in [0.3, 0.4) is 0 Å². The average molecular weight is 751 g/mol. The Morgan fingerprint density at radius 1 is 0.857 bits per heavy atom. The predicted octanol–water partition coefficient (Wildman–Crippen LogP) is 10.1. The van der Waals surface area contributed by atoms with E-state index < -0.39 is 6.85 Å². The Balaban J connectivity index is 0.000000187. The molecule has 4 aromatic heterocycles. The summed E-state index contributed by atoms with van der Waals surface area (Å²) in [6.45, 7) is 6.03. The van der Waals surface area contributed by atoms with Gasteiger partial charge in [-0.2, -0.15) is 0 Å². The van der Waals surface area contributed by atoms with Gasteiger partial charge in [0.15, 0.2) is 0 Å². The minimum absolute atomic E-state index is 0. The van der Waals surface area contributed by atoms with Gasteiger partial charge in [-0.15, -0.1) is 70.0 Å².